The number of halogens is 1. The molecule has 3 saturated heterocycles. The summed E-state index contributed by atoms with van der Waals surface area (Å²) in [5.41, 5.74) is -0.299. The second-order valence-electron chi connectivity index (χ2n) is 16.0. The number of benzene rings is 1. The Morgan fingerprint density at radius 1 is 1.02 bits per heavy atom. The van der Waals surface area contributed by atoms with Gasteiger partial charge >= 0.3 is 0 Å². The van der Waals surface area contributed by atoms with Gasteiger partial charge in [0.25, 0.3) is 5.91 Å². The fourth-order valence-corrected chi connectivity index (χ4v) is 9.19. The smallest absolute Gasteiger partial charge is 0.258 e. The topological polar surface area (TPSA) is 109 Å². The normalized spacial score (nSPS) is 24.5. The van der Waals surface area contributed by atoms with E-state index in [0.29, 0.717) is 30.7 Å². The number of rotatable bonds is 12. The van der Waals surface area contributed by atoms with Crippen LogP contribution in [0.15, 0.2) is 30.7 Å². The molecule has 0 unspecified atom stereocenters. The largest absolute Gasteiger partial charge is 0.451 e. The predicted molar refractivity (Wildman–Crippen MR) is 189 cm³/mol. The van der Waals surface area contributed by atoms with Crippen molar-refractivity contribution < 1.29 is 28.2 Å². The minimum atomic E-state index is -0.585. The van der Waals surface area contributed by atoms with Gasteiger partial charge in [0.05, 0.1) is 30.4 Å². The summed E-state index contributed by atoms with van der Waals surface area (Å²) in [6.45, 7) is 13.6. The quantitative estimate of drug-likeness (QED) is 0.317. The zero-order valence-electron chi connectivity index (χ0n) is 30.7. The van der Waals surface area contributed by atoms with Crippen molar-refractivity contribution in [3.05, 3.63) is 42.1 Å². The number of methoxy groups -OCH3 is 2. The zero-order chi connectivity index (χ0) is 35.7. The van der Waals surface area contributed by atoms with E-state index >= 15 is 0 Å². The number of ether oxygens (including phenoxy) is 3. The van der Waals surface area contributed by atoms with Gasteiger partial charge in [0, 0.05) is 56.9 Å². The molecular weight excluding hydrogens is 639 g/mol. The monoisotopic (exact) mass is 694 g/mol. The minimum Gasteiger partial charge on any atom is -0.451 e. The van der Waals surface area contributed by atoms with Gasteiger partial charge in [-0.25, -0.2) is 14.4 Å². The molecule has 12 heteroatoms. The van der Waals surface area contributed by atoms with Gasteiger partial charge in [0.2, 0.25) is 5.91 Å². The summed E-state index contributed by atoms with van der Waals surface area (Å²) in [5, 5.41) is 3.37. The van der Waals surface area contributed by atoms with Crippen molar-refractivity contribution in [3.63, 3.8) is 0 Å². The van der Waals surface area contributed by atoms with Crippen LogP contribution in [0.1, 0.15) is 83.0 Å². The molecule has 4 fully saturated rings. The number of piperidine rings is 1. The third-order valence-electron chi connectivity index (χ3n) is 11.6. The second kappa shape index (κ2) is 14.7. The molecule has 0 bridgehead atoms. The first kappa shape index (κ1) is 36.4. The number of carbonyl (C=O) groups is 2. The number of nitrogens with zero attached hydrogens (tertiary/aromatic N) is 5. The molecule has 11 nitrogen and oxygen atoms in total. The standard InChI is InChI=1S/C38H55FN6O5/c1-26(2)45(27(3)4)34(46)30-17-29(39)7-8-31(30)50-32-18-40-25-41-33(32)44-21-36(22-44)13-15-43(16-14-36)19-28-9-11-38(12-10-28)20-37(23-48-5,24-49-6)35(47)42-38/h7-8,17-18,25-28H,9-16,19-24H2,1-6H3,(H,42,47)/t28-,38-. The summed E-state index contributed by atoms with van der Waals surface area (Å²) in [6, 6.07) is 3.96. The number of hydrogen-bond acceptors (Lipinski definition) is 9. The predicted octanol–water partition coefficient (Wildman–Crippen LogP) is 5.30. The van der Waals surface area contributed by atoms with Gasteiger partial charge in [0.1, 0.15) is 17.9 Å². The molecule has 2 amide bonds. The molecule has 2 spiro atoms. The molecule has 3 aliphatic heterocycles. The van der Waals surface area contributed by atoms with Crippen molar-refractivity contribution in [1.29, 1.82) is 0 Å². The fraction of sp³-hybridized carbons (Fsp3) is 0.684. The van der Waals surface area contributed by atoms with Gasteiger partial charge < -0.3 is 34.2 Å². The van der Waals surface area contributed by atoms with Gasteiger partial charge in [0.15, 0.2) is 11.6 Å². The molecule has 1 aliphatic carbocycles. The molecule has 50 heavy (non-hydrogen) atoms. The van der Waals surface area contributed by atoms with Crippen LogP contribution in [-0.4, -0.2) is 109 Å². The number of anilines is 1. The molecule has 274 valence electrons. The van der Waals surface area contributed by atoms with Crippen LogP contribution < -0.4 is 15.0 Å². The summed E-state index contributed by atoms with van der Waals surface area (Å²) in [7, 11) is 3.31. The van der Waals surface area contributed by atoms with Gasteiger partial charge in [-0.15, -0.1) is 0 Å². The lowest BCUT2D eigenvalue weighted by atomic mass is 9.70. The highest BCUT2D eigenvalue weighted by molar-refractivity contribution is 5.97. The van der Waals surface area contributed by atoms with Gasteiger partial charge in [-0.2, -0.15) is 0 Å². The van der Waals surface area contributed by atoms with E-state index in [1.807, 2.05) is 27.7 Å². The Morgan fingerprint density at radius 2 is 1.68 bits per heavy atom. The number of aromatic nitrogens is 2. The molecule has 0 radical (unpaired) electrons. The Kier molecular flexibility index (Phi) is 10.7. The zero-order valence-corrected chi connectivity index (χ0v) is 30.7. The first-order valence-corrected chi connectivity index (χ1v) is 18.3. The van der Waals surface area contributed by atoms with E-state index in [2.05, 4.69) is 25.1 Å². The summed E-state index contributed by atoms with van der Waals surface area (Å²) in [4.78, 5) is 42.0. The van der Waals surface area contributed by atoms with E-state index in [-0.39, 0.29) is 46.2 Å². The Labute approximate surface area is 296 Å². The van der Waals surface area contributed by atoms with Crippen LogP contribution in [-0.2, 0) is 14.3 Å². The number of carbonyl (C=O) groups excluding carboxylic acids is 2. The molecule has 1 aromatic carbocycles. The lowest BCUT2D eigenvalue weighted by Crippen LogP contribution is -2.61. The van der Waals surface area contributed by atoms with Crippen molar-refractivity contribution in [2.24, 2.45) is 16.7 Å². The molecule has 4 aliphatic rings. The van der Waals surface area contributed by atoms with Crippen LogP contribution in [0.5, 0.6) is 11.5 Å². The minimum absolute atomic E-state index is 0.0580. The summed E-state index contributed by atoms with van der Waals surface area (Å²) in [5.74, 6) is 1.38. The molecule has 1 aromatic heterocycles. The molecule has 0 atom stereocenters. The van der Waals surface area contributed by atoms with Crippen molar-refractivity contribution >= 4 is 17.6 Å². The van der Waals surface area contributed by atoms with Gasteiger partial charge in [-0.05, 0) is 110 Å². The second-order valence-corrected chi connectivity index (χ2v) is 16.0. The lowest BCUT2D eigenvalue weighted by Gasteiger charge is -2.55. The molecular formula is C38H55FN6O5. The number of nitrogens with one attached hydrogen (secondary N) is 1. The molecule has 1 saturated carbocycles. The first-order valence-electron chi connectivity index (χ1n) is 18.3. The van der Waals surface area contributed by atoms with E-state index < -0.39 is 11.2 Å². The highest BCUT2D eigenvalue weighted by Crippen LogP contribution is 2.48. The average Bonchev–Trinajstić information content (AvgIpc) is 3.32. The Bertz CT molecular complexity index is 1500. The Balaban J connectivity index is 1.02. The fourth-order valence-electron chi connectivity index (χ4n) is 9.19. The maximum absolute atomic E-state index is 14.4. The third kappa shape index (κ3) is 7.34. The van der Waals surface area contributed by atoms with E-state index in [4.69, 9.17) is 14.2 Å². The SMILES string of the molecule is COCC1(COC)C[C@]2(CC[C@@H](CN3CCC4(CC3)CN(c3ncncc3Oc3ccc(F)cc3C(=O)N(C(C)C)C(C)C)C4)CC2)NC1=O. The molecule has 2 aromatic rings. The van der Waals surface area contributed by atoms with Crippen LogP contribution >= 0.6 is 0 Å². The highest BCUT2D eigenvalue weighted by atomic mass is 19.1. The van der Waals surface area contributed by atoms with Crippen LogP contribution in [0.2, 0.25) is 0 Å². The van der Waals surface area contributed by atoms with Crippen LogP contribution in [0, 0.1) is 22.6 Å². The molecule has 6 rings (SSSR count). The summed E-state index contributed by atoms with van der Waals surface area (Å²) < 4.78 is 31.6. The Hall–Kier alpha value is -3.35. The summed E-state index contributed by atoms with van der Waals surface area (Å²) in [6.07, 6.45) is 10.4. The maximum Gasteiger partial charge on any atom is 0.258 e. The summed E-state index contributed by atoms with van der Waals surface area (Å²) >= 11 is 0. The van der Waals surface area contributed by atoms with Crippen molar-refractivity contribution in [1.82, 2.24) is 25.1 Å². The lowest BCUT2D eigenvalue weighted by molar-refractivity contribution is -0.133. The number of amides is 2. The van der Waals surface area contributed by atoms with Crippen LogP contribution in [0.4, 0.5) is 10.2 Å². The average molecular weight is 695 g/mol. The third-order valence-corrected chi connectivity index (χ3v) is 11.6. The Morgan fingerprint density at radius 3 is 2.30 bits per heavy atom. The number of hydrogen-bond donors (Lipinski definition) is 1. The van der Waals surface area contributed by atoms with Crippen LogP contribution in [0.25, 0.3) is 0 Å². The van der Waals surface area contributed by atoms with E-state index in [1.165, 1.54) is 24.5 Å². The van der Waals surface area contributed by atoms with Gasteiger partial charge in [-0.1, -0.05) is 0 Å². The first-order chi connectivity index (χ1) is 23.9. The van der Waals surface area contributed by atoms with E-state index in [0.717, 1.165) is 77.7 Å². The number of likely N-dealkylation sites (tertiary alicyclic amines) is 1. The van der Waals surface area contributed by atoms with E-state index in [9.17, 15) is 14.0 Å². The van der Waals surface area contributed by atoms with Gasteiger partial charge in [-0.3, -0.25) is 9.59 Å². The van der Waals surface area contributed by atoms with Crippen LogP contribution in [0.3, 0.4) is 0 Å². The van der Waals surface area contributed by atoms with Crippen molar-refractivity contribution in [2.75, 3.05) is 65.1 Å². The van der Waals surface area contributed by atoms with Crippen molar-refractivity contribution in [3.8, 4) is 11.5 Å². The highest BCUT2D eigenvalue weighted by Gasteiger charge is 2.55. The molecule has 1 N–H and O–H groups in total. The maximum atomic E-state index is 14.4. The van der Waals surface area contributed by atoms with Crippen molar-refractivity contribution in [2.45, 2.75) is 90.3 Å². The van der Waals surface area contributed by atoms with E-state index in [1.54, 1.807) is 25.3 Å². The molecule has 4 heterocycles.